The lowest BCUT2D eigenvalue weighted by molar-refractivity contribution is -0.282. The van der Waals surface area contributed by atoms with E-state index in [0.29, 0.717) is 25.7 Å². The minimum atomic E-state index is -0.576. The van der Waals surface area contributed by atoms with E-state index in [9.17, 15) is 5.11 Å². The summed E-state index contributed by atoms with van der Waals surface area (Å²) in [7, 11) is 1.52. The second kappa shape index (κ2) is 11.6. The SMILES string of the molecule is COOCc1ccc(C)c(C(OC[C@H](O)CNC(C)(C)Cc2ccc3ccccc3c2)C2CC2)c1. The van der Waals surface area contributed by atoms with Crippen LogP contribution in [-0.4, -0.2) is 37.0 Å². The monoisotopic (exact) mass is 477 g/mol. The van der Waals surface area contributed by atoms with Crippen LogP contribution in [0.3, 0.4) is 0 Å². The van der Waals surface area contributed by atoms with Crippen molar-refractivity contribution in [3.05, 3.63) is 82.9 Å². The Morgan fingerprint density at radius 1 is 1.00 bits per heavy atom. The summed E-state index contributed by atoms with van der Waals surface area (Å²) < 4.78 is 6.32. The lowest BCUT2D eigenvalue weighted by Crippen LogP contribution is -2.46. The van der Waals surface area contributed by atoms with Gasteiger partial charge >= 0.3 is 0 Å². The van der Waals surface area contributed by atoms with Gasteiger partial charge in [0.15, 0.2) is 0 Å². The zero-order valence-corrected chi connectivity index (χ0v) is 21.4. The molecule has 0 aliphatic heterocycles. The Labute approximate surface area is 209 Å². The van der Waals surface area contributed by atoms with Crippen molar-refractivity contribution in [3.8, 4) is 0 Å². The van der Waals surface area contributed by atoms with Crippen molar-refractivity contribution in [1.29, 1.82) is 0 Å². The van der Waals surface area contributed by atoms with E-state index >= 15 is 0 Å². The highest BCUT2D eigenvalue weighted by molar-refractivity contribution is 5.83. The van der Waals surface area contributed by atoms with Gasteiger partial charge in [-0.05, 0) is 79.0 Å². The van der Waals surface area contributed by atoms with Crippen molar-refractivity contribution in [3.63, 3.8) is 0 Å². The van der Waals surface area contributed by atoms with E-state index in [1.165, 1.54) is 34.6 Å². The summed E-state index contributed by atoms with van der Waals surface area (Å²) in [5.41, 5.74) is 4.58. The smallest absolute Gasteiger partial charge is 0.107 e. The first-order chi connectivity index (χ1) is 16.8. The van der Waals surface area contributed by atoms with E-state index in [0.717, 1.165) is 24.8 Å². The Morgan fingerprint density at radius 2 is 1.74 bits per heavy atom. The van der Waals surface area contributed by atoms with Crippen LogP contribution < -0.4 is 5.32 Å². The molecule has 0 radical (unpaired) electrons. The summed E-state index contributed by atoms with van der Waals surface area (Å²) in [5, 5.41) is 16.8. The molecule has 1 unspecified atom stereocenters. The molecule has 35 heavy (non-hydrogen) atoms. The number of aryl methyl sites for hydroxylation is 1. The molecule has 1 aliphatic carbocycles. The van der Waals surface area contributed by atoms with Crippen molar-refractivity contribution in [2.45, 2.75) is 64.4 Å². The molecular weight excluding hydrogens is 438 g/mol. The molecule has 4 rings (SSSR count). The third-order valence-electron chi connectivity index (χ3n) is 6.79. The number of aliphatic hydroxyl groups excluding tert-OH is 1. The first-order valence-electron chi connectivity index (χ1n) is 12.6. The van der Waals surface area contributed by atoms with E-state index in [1.807, 2.05) is 0 Å². The fourth-order valence-corrected chi connectivity index (χ4v) is 4.68. The third-order valence-corrected chi connectivity index (χ3v) is 6.79. The summed E-state index contributed by atoms with van der Waals surface area (Å²) >= 11 is 0. The van der Waals surface area contributed by atoms with Gasteiger partial charge in [0.05, 0.1) is 25.9 Å². The summed E-state index contributed by atoms with van der Waals surface area (Å²) in [6.07, 6.45) is 2.63. The molecule has 3 aromatic rings. The summed E-state index contributed by atoms with van der Waals surface area (Å²) in [5.74, 6) is 0.511. The number of hydrogen-bond acceptors (Lipinski definition) is 5. The Kier molecular flexibility index (Phi) is 8.58. The second-order valence-electron chi connectivity index (χ2n) is 10.5. The van der Waals surface area contributed by atoms with Gasteiger partial charge in [-0.15, -0.1) is 0 Å². The van der Waals surface area contributed by atoms with E-state index in [2.05, 4.69) is 86.8 Å². The van der Waals surface area contributed by atoms with Gasteiger partial charge in [-0.25, -0.2) is 9.78 Å². The fourth-order valence-electron chi connectivity index (χ4n) is 4.68. The lowest BCUT2D eigenvalue weighted by atomic mass is 9.93. The quantitative estimate of drug-likeness (QED) is 0.246. The van der Waals surface area contributed by atoms with E-state index < -0.39 is 6.10 Å². The standard InChI is InChI=1S/C30H39NO4/c1-21-9-10-23(19-35-33-4)16-28(21)29(25-13-14-25)34-20-27(32)18-31-30(2,3)17-22-11-12-24-7-5-6-8-26(24)15-22/h5-12,15-16,25,27,29,31-32H,13-14,17-20H2,1-4H3/t27-,29?/m1/s1. The van der Waals surface area contributed by atoms with Crippen LogP contribution in [0.25, 0.3) is 10.8 Å². The lowest BCUT2D eigenvalue weighted by Gasteiger charge is -2.29. The minimum Gasteiger partial charge on any atom is -0.389 e. The topological polar surface area (TPSA) is 60.0 Å². The highest BCUT2D eigenvalue weighted by atomic mass is 17.2. The van der Waals surface area contributed by atoms with E-state index in [1.54, 1.807) is 0 Å². The molecule has 1 saturated carbocycles. The minimum absolute atomic E-state index is 0.00208. The highest BCUT2D eigenvalue weighted by Crippen LogP contribution is 2.44. The predicted molar refractivity (Wildman–Crippen MR) is 140 cm³/mol. The molecule has 5 heteroatoms. The highest BCUT2D eigenvalue weighted by Gasteiger charge is 2.34. The summed E-state index contributed by atoms with van der Waals surface area (Å²) in [6, 6.07) is 21.4. The fraction of sp³-hybridized carbons (Fsp3) is 0.467. The van der Waals surface area contributed by atoms with Crippen molar-refractivity contribution >= 4 is 10.8 Å². The van der Waals surface area contributed by atoms with Crippen molar-refractivity contribution in [1.82, 2.24) is 5.32 Å². The molecule has 0 bridgehead atoms. The zero-order chi connectivity index (χ0) is 24.8. The predicted octanol–water partition coefficient (Wildman–Crippen LogP) is 5.67. The number of hydrogen-bond donors (Lipinski definition) is 2. The average Bonchev–Trinajstić information content (AvgIpc) is 3.68. The van der Waals surface area contributed by atoms with Gasteiger partial charge in [-0.1, -0.05) is 60.7 Å². The molecule has 0 amide bonds. The Bertz CT molecular complexity index is 1110. The first-order valence-corrected chi connectivity index (χ1v) is 12.6. The number of fused-ring (bicyclic) bond motifs is 1. The van der Waals surface area contributed by atoms with Crippen LogP contribution in [-0.2, 0) is 27.5 Å². The molecular formula is C30H39NO4. The Hall–Kier alpha value is -2.28. The number of nitrogens with one attached hydrogen (secondary N) is 1. The molecule has 3 aromatic carbocycles. The molecule has 5 nitrogen and oxygen atoms in total. The molecule has 2 atom stereocenters. The van der Waals surface area contributed by atoms with Gasteiger partial charge in [-0.2, -0.15) is 0 Å². The molecule has 0 heterocycles. The molecule has 0 saturated heterocycles. The molecule has 1 aliphatic rings. The maximum Gasteiger partial charge on any atom is 0.107 e. The van der Waals surface area contributed by atoms with E-state index in [4.69, 9.17) is 14.5 Å². The van der Waals surface area contributed by atoms with Crippen LogP contribution in [0.4, 0.5) is 0 Å². The van der Waals surface area contributed by atoms with Crippen LogP contribution >= 0.6 is 0 Å². The largest absolute Gasteiger partial charge is 0.389 e. The Morgan fingerprint density at radius 3 is 2.49 bits per heavy atom. The van der Waals surface area contributed by atoms with Gasteiger partial charge in [0.1, 0.15) is 6.61 Å². The van der Waals surface area contributed by atoms with Crippen molar-refractivity contribution in [2.75, 3.05) is 20.3 Å². The molecule has 0 aromatic heterocycles. The molecule has 0 spiro atoms. The van der Waals surface area contributed by atoms with Crippen LogP contribution in [0.2, 0.25) is 0 Å². The number of aliphatic hydroxyl groups is 1. The third kappa shape index (κ3) is 7.35. The summed E-state index contributed by atoms with van der Waals surface area (Å²) in [4.78, 5) is 9.86. The number of rotatable bonds is 13. The van der Waals surface area contributed by atoms with Crippen molar-refractivity contribution in [2.24, 2.45) is 5.92 Å². The van der Waals surface area contributed by atoms with Gasteiger partial charge in [0.2, 0.25) is 0 Å². The number of benzene rings is 3. The maximum atomic E-state index is 10.7. The normalized spacial score (nSPS) is 15.9. The average molecular weight is 478 g/mol. The van der Waals surface area contributed by atoms with Gasteiger partial charge in [0.25, 0.3) is 0 Å². The van der Waals surface area contributed by atoms with E-state index in [-0.39, 0.29) is 11.6 Å². The van der Waals surface area contributed by atoms with Crippen LogP contribution in [0.15, 0.2) is 60.7 Å². The molecule has 188 valence electrons. The van der Waals surface area contributed by atoms with Crippen LogP contribution in [0.5, 0.6) is 0 Å². The summed E-state index contributed by atoms with van der Waals surface area (Å²) in [6.45, 7) is 7.67. The van der Waals surface area contributed by atoms with Crippen LogP contribution in [0, 0.1) is 12.8 Å². The van der Waals surface area contributed by atoms with Gasteiger partial charge in [0, 0.05) is 12.1 Å². The number of ether oxygens (including phenoxy) is 1. The first kappa shape index (κ1) is 25.8. The maximum absolute atomic E-state index is 10.7. The number of β-amino-alcohol motifs (C(OH)–C–C–N with tert-alkyl or cyclic N) is 1. The second-order valence-corrected chi connectivity index (χ2v) is 10.5. The van der Waals surface area contributed by atoms with Gasteiger partial charge in [-0.3, -0.25) is 0 Å². The Balaban J connectivity index is 1.31. The van der Waals surface area contributed by atoms with Crippen LogP contribution in [0.1, 0.15) is 55.0 Å². The molecule has 1 fully saturated rings. The van der Waals surface area contributed by atoms with Crippen molar-refractivity contribution < 1.29 is 19.6 Å². The van der Waals surface area contributed by atoms with Gasteiger partial charge < -0.3 is 15.2 Å². The zero-order valence-electron chi connectivity index (χ0n) is 21.4. The molecule has 2 N–H and O–H groups in total.